The zero-order valence-electron chi connectivity index (χ0n) is 27.9. The van der Waals surface area contributed by atoms with Crippen LogP contribution in [0.25, 0.3) is 95.3 Å². The van der Waals surface area contributed by atoms with Gasteiger partial charge < -0.3 is 4.42 Å². The van der Waals surface area contributed by atoms with Crippen molar-refractivity contribution in [1.82, 2.24) is 24.5 Å². The minimum Gasteiger partial charge on any atom is -0.436 e. The highest BCUT2D eigenvalue weighted by Gasteiger charge is 2.19. The second kappa shape index (κ2) is 12.3. The Hall–Kier alpha value is -7.18. The first kappa shape index (κ1) is 29.7. The van der Waals surface area contributed by atoms with E-state index in [-0.39, 0.29) is 0 Å². The number of benzene rings is 7. The van der Waals surface area contributed by atoms with Gasteiger partial charge in [-0.2, -0.15) is 9.97 Å². The molecule has 10 aromatic rings. The molecule has 0 N–H and O–H groups in total. The van der Waals surface area contributed by atoms with Gasteiger partial charge in [-0.1, -0.05) is 133 Å². The summed E-state index contributed by atoms with van der Waals surface area (Å²) in [5.74, 6) is 2.37. The highest BCUT2D eigenvalue weighted by Crippen LogP contribution is 2.38. The van der Waals surface area contributed by atoms with Gasteiger partial charge in [-0.15, -0.1) is 0 Å². The van der Waals surface area contributed by atoms with Gasteiger partial charge in [0.1, 0.15) is 5.52 Å². The molecule has 0 aliphatic heterocycles. The third-order valence-electron chi connectivity index (χ3n) is 9.52. The molecule has 3 heterocycles. The normalized spacial score (nSPS) is 11.5. The van der Waals surface area contributed by atoms with Crippen LogP contribution in [0, 0.1) is 0 Å². The first-order chi connectivity index (χ1) is 25.8. The van der Waals surface area contributed by atoms with Gasteiger partial charge in [0.05, 0.1) is 11.0 Å². The number of hydrogen-bond acceptors (Lipinski definition) is 5. The van der Waals surface area contributed by atoms with Gasteiger partial charge in [-0.05, 0) is 64.7 Å². The van der Waals surface area contributed by atoms with Crippen molar-refractivity contribution in [3.63, 3.8) is 0 Å². The van der Waals surface area contributed by atoms with Gasteiger partial charge in [0.25, 0.3) is 0 Å². The first-order valence-corrected chi connectivity index (χ1v) is 17.2. The predicted octanol–water partition coefficient (Wildman–Crippen LogP) is 11.4. The summed E-state index contributed by atoms with van der Waals surface area (Å²) in [6, 6.07) is 60.0. The van der Waals surface area contributed by atoms with Crippen molar-refractivity contribution < 1.29 is 4.42 Å². The van der Waals surface area contributed by atoms with Gasteiger partial charge in [0, 0.05) is 27.5 Å². The van der Waals surface area contributed by atoms with E-state index in [4.69, 9.17) is 24.4 Å². The zero-order chi connectivity index (χ0) is 34.4. The quantitative estimate of drug-likeness (QED) is 0.176. The zero-order valence-corrected chi connectivity index (χ0v) is 27.9. The molecule has 244 valence electrons. The number of hydrogen-bond donors (Lipinski definition) is 0. The van der Waals surface area contributed by atoms with Crippen molar-refractivity contribution in [1.29, 1.82) is 0 Å². The molecule has 10 rings (SSSR count). The fraction of sp³-hybridized carbons (Fsp3) is 0. The van der Waals surface area contributed by atoms with Crippen molar-refractivity contribution in [3.05, 3.63) is 176 Å². The third-order valence-corrected chi connectivity index (χ3v) is 9.52. The Morgan fingerprint density at radius 1 is 0.385 bits per heavy atom. The Bertz CT molecular complexity index is 2840. The van der Waals surface area contributed by atoms with E-state index in [1.807, 2.05) is 72.8 Å². The highest BCUT2D eigenvalue weighted by molar-refractivity contribution is 6.09. The Kier molecular flexibility index (Phi) is 7.03. The van der Waals surface area contributed by atoms with E-state index in [0.717, 1.165) is 71.8 Å². The molecule has 0 aliphatic rings. The van der Waals surface area contributed by atoms with Crippen molar-refractivity contribution in [2.75, 3.05) is 0 Å². The molecule has 0 saturated heterocycles. The Balaban J connectivity index is 1.16. The summed E-state index contributed by atoms with van der Waals surface area (Å²) < 4.78 is 8.29. The van der Waals surface area contributed by atoms with Gasteiger partial charge in [-0.25, -0.2) is 9.97 Å². The van der Waals surface area contributed by atoms with Crippen molar-refractivity contribution >= 4 is 32.9 Å². The molecule has 0 radical (unpaired) electrons. The van der Waals surface area contributed by atoms with E-state index >= 15 is 0 Å². The standard InChI is InChI=1S/C46H29N5O/c1-4-14-30(15-5-1)38-28-34(24-26-35(38)33-25-27-42-39(29-33)47-45(52-42)32-18-8-3-9-19-32)44-48-43(31-16-6-2-7-17-31)49-46(50-44)51-40-22-12-10-20-36(40)37-21-11-13-23-41(37)51/h1-29H. The van der Waals surface area contributed by atoms with Gasteiger partial charge in [-0.3, -0.25) is 4.57 Å². The maximum atomic E-state index is 6.14. The molecule has 0 spiro atoms. The topological polar surface area (TPSA) is 69.6 Å². The number of fused-ring (bicyclic) bond motifs is 4. The van der Waals surface area contributed by atoms with Crippen LogP contribution in [0.5, 0.6) is 0 Å². The van der Waals surface area contributed by atoms with Gasteiger partial charge >= 0.3 is 0 Å². The summed E-state index contributed by atoms with van der Waals surface area (Å²) >= 11 is 0. The molecule has 0 amide bonds. The van der Waals surface area contributed by atoms with Crippen molar-refractivity contribution in [2.24, 2.45) is 0 Å². The number of aromatic nitrogens is 5. The Morgan fingerprint density at radius 3 is 1.62 bits per heavy atom. The van der Waals surface area contributed by atoms with Crippen LogP contribution in [0.1, 0.15) is 0 Å². The maximum Gasteiger partial charge on any atom is 0.238 e. The molecule has 7 aromatic carbocycles. The molecular weight excluding hydrogens is 639 g/mol. The molecule has 52 heavy (non-hydrogen) atoms. The van der Waals surface area contributed by atoms with Crippen LogP contribution < -0.4 is 0 Å². The summed E-state index contributed by atoms with van der Waals surface area (Å²) in [7, 11) is 0. The largest absolute Gasteiger partial charge is 0.436 e. The van der Waals surface area contributed by atoms with E-state index in [9.17, 15) is 0 Å². The maximum absolute atomic E-state index is 6.14. The molecule has 0 bridgehead atoms. The molecule has 0 atom stereocenters. The summed E-state index contributed by atoms with van der Waals surface area (Å²) in [6.07, 6.45) is 0. The van der Waals surface area contributed by atoms with E-state index in [0.29, 0.717) is 23.5 Å². The Labute approximate surface area is 299 Å². The fourth-order valence-corrected chi connectivity index (χ4v) is 7.04. The summed E-state index contributed by atoms with van der Waals surface area (Å²) in [4.78, 5) is 20.2. The van der Waals surface area contributed by atoms with Crippen LogP contribution in [0.4, 0.5) is 0 Å². The number of oxazole rings is 1. The minimum atomic E-state index is 0.567. The molecule has 6 heteroatoms. The molecule has 0 fully saturated rings. The lowest BCUT2D eigenvalue weighted by molar-refractivity contribution is 0.620. The second-order valence-corrected chi connectivity index (χ2v) is 12.7. The molecule has 0 unspecified atom stereocenters. The molecule has 0 saturated carbocycles. The van der Waals surface area contributed by atoms with Crippen molar-refractivity contribution in [3.8, 4) is 62.4 Å². The molecule has 6 nitrogen and oxygen atoms in total. The molecule has 0 aliphatic carbocycles. The average molecular weight is 668 g/mol. The van der Waals surface area contributed by atoms with E-state index in [2.05, 4.69) is 108 Å². The lowest BCUT2D eigenvalue weighted by Crippen LogP contribution is -2.06. The molecular formula is C46H29N5O. The van der Waals surface area contributed by atoms with Crippen LogP contribution in [0.2, 0.25) is 0 Å². The van der Waals surface area contributed by atoms with E-state index in [1.165, 1.54) is 0 Å². The highest BCUT2D eigenvalue weighted by atomic mass is 16.3. The average Bonchev–Trinajstić information content (AvgIpc) is 3.81. The Morgan fingerprint density at radius 2 is 0.942 bits per heavy atom. The lowest BCUT2D eigenvalue weighted by Gasteiger charge is -2.14. The summed E-state index contributed by atoms with van der Waals surface area (Å²) in [5.41, 5.74) is 10.6. The lowest BCUT2D eigenvalue weighted by atomic mass is 9.92. The van der Waals surface area contributed by atoms with E-state index < -0.39 is 0 Å². The van der Waals surface area contributed by atoms with Crippen LogP contribution in [0.3, 0.4) is 0 Å². The van der Waals surface area contributed by atoms with Crippen molar-refractivity contribution in [2.45, 2.75) is 0 Å². The fourth-order valence-electron chi connectivity index (χ4n) is 7.04. The van der Waals surface area contributed by atoms with Gasteiger partial charge in [0.15, 0.2) is 17.2 Å². The number of nitrogens with zero attached hydrogens (tertiary/aromatic N) is 5. The smallest absolute Gasteiger partial charge is 0.238 e. The minimum absolute atomic E-state index is 0.567. The monoisotopic (exact) mass is 667 g/mol. The number of rotatable bonds is 6. The van der Waals surface area contributed by atoms with E-state index in [1.54, 1.807) is 0 Å². The summed E-state index contributed by atoms with van der Waals surface area (Å²) in [6.45, 7) is 0. The number of para-hydroxylation sites is 2. The van der Waals surface area contributed by atoms with Crippen LogP contribution >= 0.6 is 0 Å². The third kappa shape index (κ3) is 5.13. The summed E-state index contributed by atoms with van der Waals surface area (Å²) in [5, 5.41) is 2.30. The van der Waals surface area contributed by atoms with Gasteiger partial charge in [0.2, 0.25) is 11.8 Å². The van der Waals surface area contributed by atoms with Crippen LogP contribution in [-0.2, 0) is 0 Å². The van der Waals surface area contributed by atoms with Crippen LogP contribution in [0.15, 0.2) is 180 Å². The molecule has 3 aromatic heterocycles. The first-order valence-electron chi connectivity index (χ1n) is 17.2. The van der Waals surface area contributed by atoms with Crippen LogP contribution in [-0.4, -0.2) is 24.5 Å². The second-order valence-electron chi connectivity index (χ2n) is 12.7. The predicted molar refractivity (Wildman–Crippen MR) is 209 cm³/mol. The SMILES string of the molecule is c1ccc(-c2nc(-c3ccc(-c4ccc5oc(-c6ccccc6)nc5c4)c(-c4ccccc4)c3)nc(-n3c4ccccc4c4ccccc43)n2)cc1.